The van der Waals surface area contributed by atoms with Gasteiger partial charge in [0.25, 0.3) is 0 Å². The van der Waals surface area contributed by atoms with Crippen molar-refractivity contribution < 1.29 is 9.53 Å². The molecule has 0 bridgehead atoms. The molecule has 0 aromatic heterocycles. The van der Waals surface area contributed by atoms with E-state index in [2.05, 4.69) is 0 Å². The standard InChI is InChI=1S/C12H21NO2/c1-3-7-12(11(14)15-4-2)8-5-10(13)6-9-12/h3,7,10H,4-6,8-9,13H2,1-2H3/b7-3+. The highest BCUT2D eigenvalue weighted by atomic mass is 16.5. The van der Waals surface area contributed by atoms with Gasteiger partial charge in [0.15, 0.2) is 0 Å². The van der Waals surface area contributed by atoms with Crippen molar-refractivity contribution in [1.29, 1.82) is 0 Å². The third-order valence-electron chi connectivity index (χ3n) is 3.09. The summed E-state index contributed by atoms with van der Waals surface area (Å²) in [4.78, 5) is 11.9. The maximum atomic E-state index is 11.9. The van der Waals surface area contributed by atoms with E-state index >= 15 is 0 Å². The number of rotatable bonds is 3. The molecule has 3 heteroatoms. The first kappa shape index (κ1) is 12.2. The molecular formula is C12H21NO2. The first-order chi connectivity index (χ1) is 7.14. The van der Waals surface area contributed by atoms with Crippen LogP contribution in [0.4, 0.5) is 0 Å². The lowest BCUT2D eigenvalue weighted by molar-refractivity contribution is -0.154. The van der Waals surface area contributed by atoms with Gasteiger partial charge in [0, 0.05) is 6.04 Å². The Morgan fingerprint density at radius 1 is 1.53 bits per heavy atom. The van der Waals surface area contributed by atoms with Crippen molar-refractivity contribution in [2.24, 2.45) is 11.1 Å². The van der Waals surface area contributed by atoms with Gasteiger partial charge in [-0.2, -0.15) is 0 Å². The van der Waals surface area contributed by atoms with E-state index in [4.69, 9.17) is 10.5 Å². The second-order valence-electron chi connectivity index (χ2n) is 4.21. The highest BCUT2D eigenvalue weighted by molar-refractivity contribution is 5.79. The molecule has 1 rings (SSSR count). The predicted octanol–water partition coefficient (Wildman–Crippen LogP) is 2.01. The van der Waals surface area contributed by atoms with Gasteiger partial charge >= 0.3 is 5.97 Å². The molecule has 0 spiro atoms. The van der Waals surface area contributed by atoms with Crippen LogP contribution >= 0.6 is 0 Å². The van der Waals surface area contributed by atoms with Crippen LogP contribution < -0.4 is 5.73 Å². The Hall–Kier alpha value is -0.830. The number of carbonyl (C=O) groups excluding carboxylic acids is 1. The second-order valence-corrected chi connectivity index (χ2v) is 4.21. The van der Waals surface area contributed by atoms with Crippen LogP contribution in [-0.2, 0) is 9.53 Å². The third kappa shape index (κ3) is 2.81. The normalized spacial score (nSPS) is 31.8. The zero-order valence-electron chi connectivity index (χ0n) is 9.66. The monoisotopic (exact) mass is 211 g/mol. The van der Waals surface area contributed by atoms with Crippen LogP contribution in [-0.4, -0.2) is 18.6 Å². The van der Waals surface area contributed by atoms with E-state index in [9.17, 15) is 4.79 Å². The van der Waals surface area contributed by atoms with Crippen LogP contribution in [0.2, 0.25) is 0 Å². The van der Waals surface area contributed by atoms with Crippen LogP contribution in [0.5, 0.6) is 0 Å². The van der Waals surface area contributed by atoms with Gasteiger partial charge in [-0.1, -0.05) is 12.2 Å². The second kappa shape index (κ2) is 5.31. The Morgan fingerprint density at radius 2 is 2.13 bits per heavy atom. The van der Waals surface area contributed by atoms with E-state index in [0.29, 0.717) is 6.61 Å². The third-order valence-corrected chi connectivity index (χ3v) is 3.09. The van der Waals surface area contributed by atoms with Crippen LogP contribution in [0, 0.1) is 5.41 Å². The van der Waals surface area contributed by atoms with Crippen LogP contribution in [0.25, 0.3) is 0 Å². The van der Waals surface area contributed by atoms with Crippen molar-refractivity contribution in [2.75, 3.05) is 6.61 Å². The van der Waals surface area contributed by atoms with E-state index < -0.39 is 5.41 Å². The smallest absolute Gasteiger partial charge is 0.315 e. The molecule has 0 aromatic rings. The molecular weight excluding hydrogens is 190 g/mol. The molecule has 0 radical (unpaired) electrons. The van der Waals surface area contributed by atoms with Crippen molar-refractivity contribution in [1.82, 2.24) is 0 Å². The summed E-state index contributed by atoms with van der Waals surface area (Å²) < 4.78 is 5.14. The van der Waals surface area contributed by atoms with Crippen molar-refractivity contribution >= 4 is 5.97 Å². The number of hydrogen-bond donors (Lipinski definition) is 1. The maximum absolute atomic E-state index is 11.9. The maximum Gasteiger partial charge on any atom is 0.315 e. The van der Waals surface area contributed by atoms with Gasteiger partial charge in [0.2, 0.25) is 0 Å². The van der Waals surface area contributed by atoms with E-state index in [1.165, 1.54) is 0 Å². The van der Waals surface area contributed by atoms with Crippen molar-refractivity contribution in [2.45, 2.75) is 45.6 Å². The molecule has 1 fully saturated rings. The lowest BCUT2D eigenvalue weighted by atomic mass is 9.72. The van der Waals surface area contributed by atoms with E-state index in [1.54, 1.807) is 0 Å². The van der Waals surface area contributed by atoms with Crippen LogP contribution in [0.1, 0.15) is 39.5 Å². The molecule has 0 atom stereocenters. The van der Waals surface area contributed by atoms with Gasteiger partial charge in [-0.05, 0) is 39.5 Å². The highest BCUT2D eigenvalue weighted by Crippen LogP contribution is 2.38. The number of ether oxygens (including phenoxy) is 1. The molecule has 3 nitrogen and oxygen atoms in total. The predicted molar refractivity (Wildman–Crippen MR) is 60.3 cm³/mol. The Labute approximate surface area is 91.7 Å². The van der Waals surface area contributed by atoms with Crippen molar-refractivity contribution in [3.63, 3.8) is 0 Å². The quantitative estimate of drug-likeness (QED) is 0.574. The van der Waals surface area contributed by atoms with Gasteiger partial charge in [-0.25, -0.2) is 0 Å². The minimum Gasteiger partial charge on any atom is -0.465 e. The van der Waals surface area contributed by atoms with E-state index in [-0.39, 0.29) is 12.0 Å². The zero-order valence-corrected chi connectivity index (χ0v) is 9.66. The molecule has 0 aromatic carbocycles. The molecule has 0 aliphatic heterocycles. The fraction of sp³-hybridized carbons (Fsp3) is 0.750. The number of esters is 1. The Morgan fingerprint density at radius 3 is 2.60 bits per heavy atom. The Balaban J connectivity index is 2.75. The van der Waals surface area contributed by atoms with Gasteiger partial charge < -0.3 is 10.5 Å². The molecule has 15 heavy (non-hydrogen) atoms. The molecule has 0 amide bonds. The Kier molecular flexibility index (Phi) is 4.33. The largest absolute Gasteiger partial charge is 0.465 e. The minimum absolute atomic E-state index is 0.0880. The van der Waals surface area contributed by atoms with E-state index in [1.807, 2.05) is 26.0 Å². The summed E-state index contributed by atoms with van der Waals surface area (Å²) in [5.74, 6) is -0.0880. The van der Waals surface area contributed by atoms with Gasteiger partial charge in [-0.15, -0.1) is 0 Å². The number of nitrogens with two attached hydrogens (primary N) is 1. The summed E-state index contributed by atoms with van der Waals surface area (Å²) in [6, 6.07) is 0.248. The molecule has 1 saturated carbocycles. The molecule has 2 N–H and O–H groups in total. The molecule has 1 aliphatic carbocycles. The van der Waals surface area contributed by atoms with Gasteiger partial charge in [-0.3, -0.25) is 4.79 Å². The molecule has 86 valence electrons. The van der Waals surface area contributed by atoms with Crippen LogP contribution in [0.15, 0.2) is 12.2 Å². The topological polar surface area (TPSA) is 52.3 Å². The highest BCUT2D eigenvalue weighted by Gasteiger charge is 2.39. The van der Waals surface area contributed by atoms with Crippen LogP contribution in [0.3, 0.4) is 0 Å². The number of carbonyl (C=O) groups is 1. The minimum atomic E-state index is -0.402. The number of hydrogen-bond acceptors (Lipinski definition) is 3. The SMILES string of the molecule is C/C=C/C1(C(=O)OCC)CCC(N)CC1. The van der Waals surface area contributed by atoms with Gasteiger partial charge in [0.1, 0.15) is 0 Å². The summed E-state index contributed by atoms with van der Waals surface area (Å²) in [5.41, 5.74) is 5.45. The summed E-state index contributed by atoms with van der Waals surface area (Å²) >= 11 is 0. The molecule has 0 heterocycles. The van der Waals surface area contributed by atoms with Gasteiger partial charge in [0.05, 0.1) is 12.0 Å². The van der Waals surface area contributed by atoms with E-state index in [0.717, 1.165) is 25.7 Å². The fourth-order valence-corrected chi connectivity index (χ4v) is 2.19. The zero-order chi connectivity index (χ0) is 11.3. The van der Waals surface area contributed by atoms with Crippen molar-refractivity contribution in [3.05, 3.63) is 12.2 Å². The molecule has 0 saturated heterocycles. The Bertz CT molecular complexity index is 240. The fourth-order valence-electron chi connectivity index (χ4n) is 2.19. The first-order valence-electron chi connectivity index (χ1n) is 5.71. The lowest BCUT2D eigenvalue weighted by Gasteiger charge is -2.34. The summed E-state index contributed by atoms with van der Waals surface area (Å²) in [5, 5.41) is 0. The number of allylic oxidation sites excluding steroid dienone is 1. The average Bonchev–Trinajstić information content (AvgIpc) is 2.22. The molecule has 1 aliphatic rings. The first-order valence-corrected chi connectivity index (χ1v) is 5.71. The lowest BCUT2D eigenvalue weighted by Crippen LogP contribution is -2.39. The van der Waals surface area contributed by atoms with Crippen molar-refractivity contribution in [3.8, 4) is 0 Å². The average molecular weight is 211 g/mol. The summed E-state index contributed by atoms with van der Waals surface area (Å²) in [6.07, 6.45) is 7.37. The molecule has 0 unspecified atom stereocenters. The summed E-state index contributed by atoms with van der Waals surface area (Å²) in [7, 11) is 0. The summed E-state index contributed by atoms with van der Waals surface area (Å²) in [6.45, 7) is 4.23.